The third kappa shape index (κ3) is 14.3. The maximum atomic E-state index is 4.08. The van der Waals surface area contributed by atoms with Crippen LogP contribution in [0, 0.1) is 0 Å². The fourth-order valence-electron chi connectivity index (χ4n) is 13.2. The first-order valence-electron chi connectivity index (χ1n) is 30.6. The van der Waals surface area contributed by atoms with E-state index in [0.29, 0.717) is 29.6 Å². The fraction of sp³-hybridized carbons (Fsp3) is 0.506. The summed E-state index contributed by atoms with van der Waals surface area (Å²) in [6.07, 6.45) is 13.1. The summed E-state index contributed by atoms with van der Waals surface area (Å²) in [7, 11) is 0. The van der Waals surface area contributed by atoms with Crippen LogP contribution in [-0.4, -0.2) is 0 Å². The summed E-state index contributed by atoms with van der Waals surface area (Å²) in [6.45, 7) is 47.2. The lowest BCUT2D eigenvalue weighted by molar-refractivity contribution is 0.375. The normalized spacial score (nSPS) is 14.9. The molecule has 6 aromatic carbocycles. The highest BCUT2D eigenvalue weighted by atomic mass is 14.4. The Bertz CT molecular complexity index is 2730. The minimum absolute atomic E-state index is 0.0359. The molecular formula is C77H106. The van der Waals surface area contributed by atoms with E-state index in [9.17, 15) is 0 Å². The fourth-order valence-corrected chi connectivity index (χ4v) is 13.2. The van der Waals surface area contributed by atoms with Gasteiger partial charge in [0.25, 0.3) is 0 Å². The topological polar surface area (TPSA) is 0 Å². The van der Waals surface area contributed by atoms with E-state index in [1.807, 2.05) is 6.08 Å². The van der Waals surface area contributed by atoms with Crippen LogP contribution in [0.3, 0.4) is 0 Å². The SMILES string of the molecule is C=Cc1ccc(C(C)(C)CC(CC(CCC(CC)c2ccc(C(C)(C)CC)cc2)c2ccc(C(C)(C)C(CC)c3ccc(C(C)(C)CC)cc3)cc2)c2ccc(C(C)(C)C(CC)c3ccc(C(C)(C)CC)cc3)cc2)cc1. The first kappa shape index (κ1) is 61.3. The van der Waals surface area contributed by atoms with E-state index in [0.717, 1.165) is 64.2 Å². The molecule has 0 fully saturated rings. The Morgan fingerprint density at radius 3 is 0.935 bits per heavy atom. The van der Waals surface area contributed by atoms with Crippen molar-refractivity contribution in [1.82, 2.24) is 0 Å². The van der Waals surface area contributed by atoms with Crippen LogP contribution in [0.2, 0.25) is 0 Å². The average molecular weight is 1030 g/mol. The van der Waals surface area contributed by atoms with Gasteiger partial charge in [0.1, 0.15) is 0 Å². The Kier molecular flexibility index (Phi) is 20.3. The molecule has 0 aliphatic carbocycles. The Morgan fingerprint density at radius 2 is 0.610 bits per heavy atom. The van der Waals surface area contributed by atoms with Crippen molar-refractivity contribution in [3.05, 3.63) is 219 Å². The van der Waals surface area contributed by atoms with Gasteiger partial charge >= 0.3 is 0 Å². The zero-order chi connectivity index (χ0) is 56.6. The first-order valence-corrected chi connectivity index (χ1v) is 30.6. The molecule has 0 saturated carbocycles. The van der Waals surface area contributed by atoms with Gasteiger partial charge in [0.2, 0.25) is 0 Å². The molecule has 5 unspecified atom stereocenters. The summed E-state index contributed by atoms with van der Waals surface area (Å²) in [4.78, 5) is 0. The maximum absolute atomic E-state index is 4.08. The third-order valence-electron chi connectivity index (χ3n) is 20.4. The molecular weight excluding hydrogens is 925 g/mol. The monoisotopic (exact) mass is 1030 g/mol. The van der Waals surface area contributed by atoms with Gasteiger partial charge in [-0.05, 0) is 193 Å². The maximum Gasteiger partial charge on any atom is -0.00350 e. The Labute approximate surface area is 473 Å². The molecule has 77 heavy (non-hydrogen) atoms. The van der Waals surface area contributed by atoms with Crippen molar-refractivity contribution in [3.63, 3.8) is 0 Å². The predicted molar refractivity (Wildman–Crippen MR) is 341 cm³/mol. The van der Waals surface area contributed by atoms with Gasteiger partial charge in [0.05, 0.1) is 0 Å². The molecule has 0 heteroatoms. The van der Waals surface area contributed by atoms with Crippen LogP contribution in [-0.2, 0) is 32.5 Å². The standard InChI is InChI=1S/C77H106/c1-20-55-27-41-67(42-28-55)75(14,15)54-63(59-35-51-69(52-36-59)77(18,19)71(23-4)61-39-47-66(48-40-61)74(12,13)26-7)53-62(30-29-56(21-2)57-31-43-64(44-32-57)72(8,9)24-5)58-33-49-68(50-34-58)76(16,17)70(22-3)60-37-45-65(46-38-60)73(10,11)25-6/h20,27-28,31-52,56,62-63,70-71H,1,21-26,29-30,53-54H2,2-19H3. The van der Waals surface area contributed by atoms with Crippen molar-refractivity contribution in [2.45, 2.75) is 251 Å². The van der Waals surface area contributed by atoms with Crippen LogP contribution in [0.25, 0.3) is 6.08 Å². The molecule has 0 aliphatic rings. The third-order valence-corrected chi connectivity index (χ3v) is 20.4. The highest BCUT2D eigenvalue weighted by Gasteiger charge is 2.35. The zero-order valence-corrected chi connectivity index (χ0v) is 52.1. The second-order valence-corrected chi connectivity index (χ2v) is 27.4. The van der Waals surface area contributed by atoms with E-state index in [-0.39, 0.29) is 32.5 Å². The minimum Gasteiger partial charge on any atom is -0.0985 e. The van der Waals surface area contributed by atoms with E-state index >= 15 is 0 Å². The average Bonchev–Trinajstić information content (AvgIpc) is 3.44. The highest BCUT2D eigenvalue weighted by molar-refractivity contribution is 5.48. The van der Waals surface area contributed by atoms with E-state index in [1.165, 1.54) is 66.8 Å². The Morgan fingerprint density at radius 1 is 0.325 bits per heavy atom. The van der Waals surface area contributed by atoms with Gasteiger partial charge in [-0.25, -0.2) is 0 Å². The van der Waals surface area contributed by atoms with Gasteiger partial charge in [-0.2, -0.15) is 0 Å². The second-order valence-electron chi connectivity index (χ2n) is 27.4. The zero-order valence-electron chi connectivity index (χ0n) is 52.1. The van der Waals surface area contributed by atoms with E-state index in [2.05, 4.69) is 277 Å². The minimum atomic E-state index is -0.0494. The summed E-state index contributed by atoms with van der Waals surface area (Å²) < 4.78 is 0. The summed E-state index contributed by atoms with van der Waals surface area (Å²) in [5.74, 6) is 2.06. The van der Waals surface area contributed by atoms with Crippen LogP contribution < -0.4 is 0 Å². The number of hydrogen-bond acceptors (Lipinski definition) is 0. The molecule has 414 valence electrons. The smallest absolute Gasteiger partial charge is 0.00350 e. The van der Waals surface area contributed by atoms with Gasteiger partial charge < -0.3 is 0 Å². The van der Waals surface area contributed by atoms with E-state index in [4.69, 9.17) is 0 Å². The Hall–Kier alpha value is -4.94. The first-order chi connectivity index (χ1) is 36.3. The van der Waals surface area contributed by atoms with Gasteiger partial charge in [-0.1, -0.05) is 283 Å². The number of rotatable bonds is 27. The molecule has 0 aromatic heterocycles. The summed E-state index contributed by atoms with van der Waals surface area (Å²) in [6, 6.07) is 58.3. The largest absolute Gasteiger partial charge is 0.0985 e. The summed E-state index contributed by atoms with van der Waals surface area (Å²) in [5.41, 5.74) is 17.4. The lowest BCUT2D eigenvalue weighted by Gasteiger charge is -2.37. The van der Waals surface area contributed by atoms with Gasteiger partial charge in [-0.3, -0.25) is 0 Å². The van der Waals surface area contributed by atoms with Crippen molar-refractivity contribution < 1.29 is 0 Å². The number of hydrogen-bond donors (Lipinski definition) is 0. The molecule has 0 nitrogen and oxygen atoms in total. The molecule has 0 aliphatic heterocycles. The second kappa shape index (κ2) is 25.5. The lowest BCUT2D eigenvalue weighted by Crippen LogP contribution is -2.27. The highest BCUT2D eigenvalue weighted by Crippen LogP contribution is 2.47. The Balaban J connectivity index is 1.40. The molecule has 5 atom stereocenters. The van der Waals surface area contributed by atoms with E-state index < -0.39 is 0 Å². The molecule has 6 rings (SSSR count). The van der Waals surface area contributed by atoms with Crippen LogP contribution in [0.15, 0.2) is 152 Å². The molecule has 0 N–H and O–H groups in total. The van der Waals surface area contributed by atoms with Crippen LogP contribution in [0.1, 0.15) is 285 Å². The quantitative estimate of drug-likeness (QED) is 0.0482. The molecule has 0 saturated heterocycles. The van der Waals surface area contributed by atoms with Gasteiger partial charge in [0, 0.05) is 0 Å². The summed E-state index contributed by atoms with van der Waals surface area (Å²) in [5, 5.41) is 0. The van der Waals surface area contributed by atoms with Crippen molar-refractivity contribution in [2.24, 2.45) is 0 Å². The molecule has 0 spiro atoms. The van der Waals surface area contributed by atoms with Crippen LogP contribution in [0.4, 0.5) is 0 Å². The molecule has 0 radical (unpaired) electrons. The molecule has 0 heterocycles. The molecule has 0 bridgehead atoms. The van der Waals surface area contributed by atoms with Crippen molar-refractivity contribution in [2.75, 3.05) is 0 Å². The predicted octanol–water partition coefficient (Wildman–Crippen LogP) is 22.9. The van der Waals surface area contributed by atoms with Crippen LogP contribution >= 0.6 is 0 Å². The van der Waals surface area contributed by atoms with E-state index in [1.54, 1.807) is 0 Å². The number of benzene rings is 6. The van der Waals surface area contributed by atoms with Crippen LogP contribution in [0.5, 0.6) is 0 Å². The van der Waals surface area contributed by atoms with Crippen molar-refractivity contribution >= 4 is 6.08 Å². The van der Waals surface area contributed by atoms with Crippen molar-refractivity contribution in [3.8, 4) is 0 Å². The van der Waals surface area contributed by atoms with Gasteiger partial charge in [-0.15, -0.1) is 0 Å². The van der Waals surface area contributed by atoms with Crippen molar-refractivity contribution in [1.29, 1.82) is 0 Å². The van der Waals surface area contributed by atoms with Gasteiger partial charge in [0.15, 0.2) is 0 Å². The molecule has 6 aromatic rings. The molecule has 0 amide bonds. The summed E-state index contributed by atoms with van der Waals surface area (Å²) >= 11 is 0. The lowest BCUT2D eigenvalue weighted by atomic mass is 9.67.